The van der Waals surface area contributed by atoms with Crippen molar-refractivity contribution in [3.63, 3.8) is 0 Å². The smallest absolute Gasteiger partial charge is 0.272 e. The predicted molar refractivity (Wildman–Crippen MR) is 102 cm³/mol. The van der Waals surface area contributed by atoms with Gasteiger partial charge in [-0.05, 0) is 30.6 Å². The summed E-state index contributed by atoms with van der Waals surface area (Å²) in [5.74, 6) is -0.259. The van der Waals surface area contributed by atoms with Crippen LogP contribution in [0.2, 0.25) is 0 Å². The van der Waals surface area contributed by atoms with Crippen molar-refractivity contribution >= 4 is 11.8 Å². The molecule has 0 bridgehead atoms. The maximum absolute atomic E-state index is 13.1. The van der Waals surface area contributed by atoms with Crippen molar-refractivity contribution in [2.45, 2.75) is 78.3 Å². The molecule has 2 amide bonds. The van der Waals surface area contributed by atoms with E-state index in [0.717, 1.165) is 32.1 Å². The fourth-order valence-corrected chi connectivity index (χ4v) is 3.69. The Balaban J connectivity index is 2.14. The van der Waals surface area contributed by atoms with Crippen LogP contribution in [0.4, 0.5) is 0 Å². The second kappa shape index (κ2) is 9.10. The highest BCUT2D eigenvalue weighted by Gasteiger charge is 2.34. The van der Waals surface area contributed by atoms with Crippen LogP contribution in [0.1, 0.15) is 76.7 Å². The summed E-state index contributed by atoms with van der Waals surface area (Å²) in [4.78, 5) is 33.6. The van der Waals surface area contributed by atoms with Crippen LogP contribution in [0.15, 0.2) is 18.6 Å². The minimum Gasteiger partial charge on any atom is -0.351 e. The van der Waals surface area contributed by atoms with Gasteiger partial charge >= 0.3 is 0 Å². The summed E-state index contributed by atoms with van der Waals surface area (Å²) in [6.07, 6.45) is 10.6. The standard InChI is InChI=1S/C20H32N4O2/c1-5-16(20(2,3)4)23-19(26)17(14-9-7-6-8-10-14)24-18(25)15-13-21-11-12-22-15/h11-14,16-17H,5-10H2,1-4H3,(H,23,26)(H,24,25)/t16-,17+/m1/s1. The monoisotopic (exact) mass is 360 g/mol. The molecule has 0 saturated heterocycles. The van der Waals surface area contributed by atoms with Gasteiger partial charge in [0.05, 0.1) is 6.20 Å². The van der Waals surface area contributed by atoms with E-state index in [1.54, 1.807) is 0 Å². The van der Waals surface area contributed by atoms with Gasteiger partial charge in [0, 0.05) is 18.4 Å². The molecular formula is C20H32N4O2. The lowest BCUT2D eigenvalue weighted by Gasteiger charge is -2.35. The molecule has 6 heteroatoms. The van der Waals surface area contributed by atoms with Crippen LogP contribution < -0.4 is 10.6 Å². The van der Waals surface area contributed by atoms with Gasteiger partial charge in [-0.1, -0.05) is 47.0 Å². The van der Waals surface area contributed by atoms with Gasteiger partial charge in [-0.15, -0.1) is 0 Å². The van der Waals surface area contributed by atoms with E-state index in [2.05, 4.69) is 48.3 Å². The van der Waals surface area contributed by atoms with Gasteiger partial charge in [0.15, 0.2) is 0 Å². The zero-order valence-corrected chi connectivity index (χ0v) is 16.4. The van der Waals surface area contributed by atoms with Crippen LogP contribution in [-0.2, 0) is 4.79 Å². The highest BCUT2D eigenvalue weighted by molar-refractivity contribution is 5.96. The SMILES string of the molecule is CC[C@@H](NC(=O)[C@@H](NC(=O)c1cnccn1)C1CCCCC1)C(C)(C)C. The van der Waals surface area contributed by atoms with E-state index in [1.165, 1.54) is 25.0 Å². The lowest BCUT2D eigenvalue weighted by molar-refractivity contribution is -0.126. The first-order valence-electron chi connectivity index (χ1n) is 9.70. The summed E-state index contributed by atoms with van der Waals surface area (Å²) in [5, 5.41) is 6.10. The highest BCUT2D eigenvalue weighted by atomic mass is 16.2. The van der Waals surface area contributed by atoms with Crippen LogP contribution in [0.5, 0.6) is 0 Å². The van der Waals surface area contributed by atoms with Crippen LogP contribution >= 0.6 is 0 Å². The summed E-state index contributed by atoms with van der Waals surface area (Å²) in [6, 6.07) is -0.462. The first-order valence-corrected chi connectivity index (χ1v) is 9.70. The zero-order chi connectivity index (χ0) is 19.2. The van der Waals surface area contributed by atoms with E-state index in [1.807, 2.05) is 0 Å². The molecular weight excluding hydrogens is 328 g/mol. The molecule has 1 saturated carbocycles. The Morgan fingerprint density at radius 2 is 1.85 bits per heavy atom. The van der Waals surface area contributed by atoms with Crippen LogP contribution in [0.25, 0.3) is 0 Å². The van der Waals surface area contributed by atoms with Crippen molar-refractivity contribution in [2.75, 3.05) is 0 Å². The number of aromatic nitrogens is 2. The molecule has 26 heavy (non-hydrogen) atoms. The fourth-order valence-electron chi connectivity index (χ4n) is 3.69. The van der Waals surface area contributed by atoms with Gasteiger partial charge in [-0.25, -0.2) is 4.98 Å². The number of hydrogen-bond donors (Lipinski definition) is 2. The highest BCUT2D eigenvalue weighted by Crippen LogP contribution is 2.28. The zero-order valence-electron chi connectivity index (χ0n) is 16.4. The molecule has 2 N–H and O–H groups in total. The lowest BCUT2D eigenvalue weighted by Crippen LogP contribution is -2.55. The third-order valence-electron chi connectivity index (χ3n) is 5.26. The normalized spacial score (nSPS) is 18.0. The maximum Gasteiger partial charge on any atom is 0.272 e. The third kappa shape index (κ3) is 5.51. The van der Waals surface area contributed by atoms with E-state index in [9.17, 15) is 9.59 Å². The molecule has 2 rings (SSSR count). The predicted octanol–water partition coefficient (Wildman–Crippen LogP) is 3.10. The average molecular weight is 361 g/mol. The molecule has 1 aromatic rings. The van der Waals surface area contributed by atoms with Gasteiger partial charge in [-0.2, -0.15) is 0 Å². The molecule has 1 aromatic heterocycles. The number of rotatable bonds is 6. The molecule has 6 nitrogen and oxygen atoms in total. The summed E-state index contributed by atoms with van der Waals surface area (Å²) in [7, 11) is 0. The topological polar surface area (TPSA) is 84.0 Å². The number of hydrogen-bond acceptors (Lipinski definition) is 4. The number of carbonyl (C=O) groups excluding carboxylic acids is 2. The van der Waals surface area contributed by atoms with Crippen molar-refractivity contribution in [3.05, 3.63) is 24.3 Å². The largest absolute Gasteiger partial charge is 0.351 e. The fraction of sp³-hybridized carbons (Fsp3) is 0.700. The van der Waals surface area contributed by atoms with Crippen LogP contribution in [-0.4, -0.2) is 33.9 Å². The molecule has 1 aliphatic carbocycles. The Bertz CT molecular complexity index is 592. The second-order valence-corrected chi connectivity index (χ2v) is 8.28. The Hall–Kier alpha value is -1.98. The van der Waals surface area contributed by atoms with E-state index in [-0.39, 0.29) is 34.9 Å². The molecule has 0 aromatic carbocycles. The van der Waals surface area contributed by atoms with Gasteiger partial charge in [0.1, 0.15) is 11.7 Å². The van der Waals surface area contributed by atoms with Crippen LogP contribution in [0, 0.1) is 11.3 Å². The minimum absolute atomic E-state index is 0.0313. The average Bonchev–Trinajstić information content (AvgIpc) is 2.64. The van der Waals surface area contributed by atoms with Gasteiger partial charge in [-0.3, -0.25) is 14.6 Å². The molecule has 1 fully saturated rings. The van der Waals surface area contributed by atoms with Crippen LogP contribution in [0.3, 0.4) is 0 Å². The van der Waals surface area contributed by atoms with E-state index < -0.39 is 6.04 Å². The molecule has 2 atom stereocenters. The maximum atomic E-state index is 13.1. The molecule has 1 aliphatic rings. The molecule has 1 heterocycles. The Morgan fingerprint density at radius 1 is 1.15 bits per heavy atom. The molecule has 0 spiro atoms. The van der Waals surface area contributed by atoms with E-state index >= 15 is 0 Å². The number of amides is 2. The van der Waals surface area contributed by atoms with Gasteiger partial charge in [0.2, 0.25) is 5.91 Å². The first-order chi connectivity index (χ1) is 12.3. The van der Waals surface area contributed by atoms with Gasteiger partial charge in [0.25, 0.3) is 5.91 Å². The lowest BCUT2D eigenvalue weighted by atomic mass is 9.82. The van der Waals surface area contributed by atoms with Crippen molar-refractivity contribution in [3.8, 4) is 0 Å². The molecule has 0 unspecified atom stereocenters. The Kier molecular flexibility index (Phi) is 7.12. The number of carbonyl (C=O) groups is 2. The van der Waals surface area contributed by atoms with Crippen molar-refractivity contribution in [1.82, 2.24) is 20.6 Å². The third-order valence-corrected chi connectivity index (χ3v) is 5.26. The van der Waals surface area contributed by atoms with E-state index in [4.69, 9.17) is 0 Å². The van der Waals surface area contributed by atoms with Crippen molar-refractivity contribution in [1.29, 1.82) is 0 Å². The quantitative estimate of drug-likeness (QED) is 0.816. The van der Waals surface area contributed by atoms with E-state index in [0.29, 0.717) is 0 Å². The van der Waals surface area contributed by atoms with Crippen molar-refractivity contribution < 1.29 is 9.59 Å². The van der Waals surface area contributed by atoms with Gasteiger partial charge < -0.3 is 10.6 Å². The summed E-state index contributed by atoms with van der Waals surface area (Å²) < 4.78 is 0. The Labute approximate surface area is 156 Å². The second-order valence-electron chi connectivity index (χ2n) is 8.28. The molecule has 0 radical (unpaired) electrons. The van der Waals surface area contributed by atoms with Crippen molar-refractivity contribution in [2.24, 2.45) is 11.3 Å². The molecule has 0 aliphatic heterocycles. The summed E-state index contributed by atoms with van der Waals surface area (Å²) >= 11 is 0. The molecule has 144 valence electrons. The summed E-state index contributed by atoms with van der Waals surface area (Å²) in [5.41, 5.74) is 0.208. The minimum atomic E-state index is -0.527. The summed E-state index contributed by atoms with van der Waals surface area (Å²) in [6.45, 7) is 8.43. The number of nitrogens with one attached hydrogen (secondary N) is 2. The Morgan fingerprint density at radius 3 is 2.38 bits per heavy atom. The number of nitrogens with zero attached hydrogens (tertiary/aromatic N) is 2. The first kappa shape index (κ1) is 20.3.